The van der Waals surface area contributed by atoms with Crippen molar-refractivity contribution < 1.29 is 44.8 Å². The first-order valence-electron chi connectivity index (χ1n) is 7.75. The van der Waals surface area contributed by atoms with Crippen LogP contribution in [0.2, 0.25) is 0 Å². The van der Waals surface area contributed by atoms with Gasteiger partial charge in [-0.3, -0.25) is 0 Å². The number of ether oxygens (including phenoxy) is 3. The molecule has 0 aromatic carbocycles. The van der Waals surface area contributed by atoms with E-state index in [4.69, 9.17) is 14.2 Å². The number of hydrogen-bond donors (Lipinski definition) is 6. The van der Waals surface area contributed by atoms with Crippen LogP contribution in [0.25, 0.3) is 0 Å². The Bertz CT molecular complexity index is 505. The minimum atomic E-state index is -1.56. The molecule has 9 heteroatoms. The van der Waals surface area contributed by atoms with E-state index in [1.807, 2.05) is 0 Å². The SMILES string of the molecule is OCC1=C[C@@H](O)[C@@H]2C=CO[C@H](O[C@@H]3O[C@H](CO)[C@@H](O)[C@H](O)[C@H]3O)[C@H]12. The van der Waals surface area contributed by atoms with E-state index < -0.39 is 55.6 Å². The second-order valence-electron chi connectivity index (χ2n) is 6.16. The molecule has 0 saturated carbocycles. The zero-order valence-corrected chi connectivity index (χ0v) is 12.8. The van der Waals surface area contributed by atoms with Gasteiger partial charge in [-0.1, -0.05) is 6.08 Å². The number of rotatable bonds is 4. The van der Waals surface area contributed by atoms with E-state index in [1.165, 1.54) is 12.3 Å². The second-order valence-corrected chi connectivity index (χ2v) is 6.16. The van der Waals surface area contributed by atoms with E-state index in [-0.39, 0.29) is 12.5 Å². The highest BCUT2D eigenvalue weighted by molar-refractivity contribution is 5.25. The highest BCUT2D eigenvalue weighted by Crippen LogP contribution is 2.40. The normalized spacial score (nSPS) is 47.9. The summed E-state index contributed by atoms with van der Waals surface area (Å²) in [5, 5.41) is 58.3. The van der Waals surface area contributed by atoms with Gasteiger partial charge in [0.1, 0.15) is 24.4 Å². The number of aliphatic hydroxyl groups excluding tert-OH is 6. The highest BCUT2D eigenvalue weighted by Gasteiger charge is 2.49. The average Bonchev–Trinajstić information content (AvgIpc) is 2.92. The Morgan fingerprint density at radius 2 is 1.75 bits per heavy atom. The quantitative estimate of drug-likeness (QED) is 0.297. The summed E-state index contributed by atoms with van der Waals surface area (Å²) >= 11 is 0. The lowest BCUT2D eigenvalue weighted by atomic mass is 9.88. The van der Waals surface area contributed by atoms with E-state index in [0.29, 0.717) is 5.57 Å². The lowest BCUT2D eigenvalue weighted by molar-refractivity contribution is -0.339. The molecule has 1 saturated heterocycles. The Kier molecular flexibility index (Phi) is 5.23. The Hall–Kier alpha value is -1.04. The third kappa shape index (κ3) is 2.98. The molecule has 0 aromatic rings. The first-order chi connectivity index (χ1) is 11.5. The summed E-state index contributed by atoms with van der Waals surface area (Å²) in [5.41, 5.74) is 0.534. The van der Waals surface area contributed by atoms with Crippen LogP contribution in [0.3, 0.4) is 0 Å². The van der Waals surface area contributed by atoms with Gasteiger partial charge in [-0.05, 0) is 11.6 Å². The van der Waals surface area contributed by atoms with Crippen LogP contribution >= 0.6 is 0 Å². The van der Waals surface area contributed by atoms with Gasteiger partial charge in [-0.2, -0.15) is 0 Å². The number of hydrogen-bond acceptors (Lipinski definition) is 9. The van der Waals surface area contributed by atoms with Gasteiger partial charge in [-0.15, -0.1) is 0 Å². The molecule has 2 heterocycles. The Labute approximate surface area is 138 Å². The van der Waals surface area contributed by atoms with Crippen LogP contribution in [-0.4, -0.2) is 87.0 Å². The van der Waals surface area contributed by atoms with Crippen molar-refractivity contribution in [3.05, 3.63) is 24.0 Å². The van der Waals surface area contributed by atoms with Crippen LogP contribution < -0.4 is 0 Å². The van der Waals surface area contributed by atoms with Crippen molar-refractivity contribution in [2.75, 3.05) is 13.2 Å². The summed E-state index contributed by atoms with van der Waals surface area (Å²) in [7, 11) is 0. The molecule has 9 nitrogen and oxygen atoms in total. The smallest absolute Gasteiger partial charge is 0.209 e. The Balaban J connectivity index is 1.75. The summed E-state index contributed by atoms with van der Waals surface area (Å²) in [6.45, 7) is -0.854. The fourth-order valence-corrected chi connectivity index (χ4v) is 3.38. The summed E-state index contributed by atoms with van der Waals surface area (Å²) in [6.07, 6.45) is -4.27. The monoisotopic (exact) mass is 346 g/mol. The third-order valence-corrected chi connectivity index (χ3v) is 4.73. The maximum atomic E-state index is 10.0. The largest absolute Gasteiger partial charge is 0.472 e. The van der Waals surface area contributed by atoms with Gasteiger partial charge in [0.25, 0.3) is 0 Å². The van der Waals surface area contributed by atoms with Crippen LogP contribution in [0.15, 0.2) is 24.0 Å². The molecule has 3 rings (SSSR count). The summed E-state index contributed by atoms with van der Waals surface area (Å²) in [5.74, 6) is -0.835. The molecule has 2 aliphatic heterocycles. The molecule has 9 atom stereocenters. The van der Waals surface area contributed by atoms with Gasteiger partial charge in [0.2, 0.25) is 6.29 Å². The van der Waals surface area contributed by atoms with E-state index >= 15 is 0 Å². The summed E-state index contributed by atoms with van der Waals surface area (Å²) in [4.78, 5) is 0. The van der Waals surface area contributed by atoms with E-state index in [9.17, 15) is 30.6 Å². The van der Waals surface area contributed by atoms with Gasteiger partial charge in [0.05, 0.1) is 31.5 Å². The van der Waals surface area contributed by atoms with Crippen molar-refractivity contribution in [1.29, 1.82) is 0 Å². The minimum Gasteiger partial charge on any atom is -0.472 e. The molecule has 0 amide bonds. The van der Waals surface area contributed by atoms with Crippen molar-refractivity contribution in [3.63, 3.8) is 0 Å². The van der Waals surface area contributed by atoms with E-state index in [2.05, 4.69) is 0 Å². The van der Waals surface area contributed by atoms with Crippen molar-refractivity contribution in [1.82, 2.24) is 0 Å². The lowest BCUT2D eigenvalue weighted by Gasteiger charge is -2.42. The Morgan fingerprint density at radius 3 is 2.42 bits per heavy atom. The molecule has 0 spiro atoms. The van der Waals surface area contributed by atoms with Crippen LogP contribution in [0.1, 0.15) is 0 Å². The molecule has 3 aliphatic rings. The van der Waals surface area contributed by atoms with Gasteiger partial charge in [0.15, 0.2) is 6.29 Å². The molecule has 0 aromatic heterocycles. The summed E-state index contributed by atoms with van der Waals surface area (Å²) in [6, 6.07) is 0. The fraction of sp³-hybridized carbons (Fsp3) is 0.733. The fourth-order valence-electron chi connectivity index (χ4n) is 3.38. The summed E-state index contributed by atoms with van der Waals surface area (Å²) < 4.78 is 16.3. The van der Waals surface area contributed by atoms with Crippen LogP contribution in [0, 0.1) is 11.8 Å². The zero-order valence-electron chi connectivity index (χ0n) is 12.8. The molecular formula is C15H22O9. The van der Waals surface area contributed by atoms with Crippen LogP contribution in [0.4, 0.5) is 0 Å². The maximum Gasteiger partial charge on any atom is 0.209 e. The zero-order chi connectivity index (χ0) is 17.4. The molecule has 0 unspecified atom stereocenters. The van der Waals surface area contributed by atoms with Crippen molar-refractivity contribution >= 4 is 0 Å². The molecule has 136 valence electrons. The average molecular weight is 346 g/mol. The topological polar surface area (TPSA) is 149 Å². The predicted molar refractivity (Wildman–Crippen MR) is 77.0 cm³/mol. The maximum absolute atomic E-state index is 10.0. The molecular weight excluding hydrogens is 324 g/mol. The van der Waals surface area contributed by atoms with Gasteiger partial charge < -0.3 is 44.8 Å². The third-order valence-electron chi connectivity index (χ3n) is 4.73. The van der Waals surface area contributed by atoms with Crippen molar-refractivity contribution in [3.8, 4) is 0 Å². The predicted octanol–water partition coefficient (Wildman–Crippen LogP) is -2.80. The molecule has 1 fully saturated rings. The molecule has 24 heavy (non-hydrogen) atoms. The van der Waals surface area contributed by atoms with Crippen LogP contribution in [-0.2, 0) is 14.2 Å². The van der Waals surface area contributed by atoms with Crippen molar-refractivity contribution in [2.45, 2.75) is 43.1 Å². The first-order valence-corrected chi connectivity index (χ1v) is 7.75. The number of aliphatic hydroxyl groups is 6. The van der Waals surface area contributed by atoms with E-state index in [0.717, 1.165) is 0 Å². The standard InChI is InChI=1S/C15H22O9/c16-4-6-3-8(18)7-1-2-22-14(10(6)7)24-15-13(21)12(20)11(19)9(5-17)23-15/h1-3,7-21H,4-5H2/t7-,8+,9+,10+,11+,12-,13+,14+,15-/m0/s1. The van der Waals surface area contributed by atoms with E-state index in [1.54, 1.807) is 6.08 Å². The Morgan fingerprint density at radius 1 is 1.00 bits per heavy atom. The molecule has 0 radical (unpaired) electrons. The van der Waals surface area contributed by atoms with Gasteiger partial charge >= 0.3 is 0 Å². The molecule has 6 N–H and O–H groups in total. The first kappa shape index (κ1) is 17.8. The van der Waals surface area contributed by atoms with Gasteiger partial charge in [-0.25, -0.2) is 0 Å². The lowest BCUT2D eigenvalue weighted by Crippen LogP contribution is -2.60. The second kappa shape index (κ2) is 7.06. The van der Waals surface area contributed by atoms with Gasteiger partial charge in [0, 0.05) is 5.92 Å². The minimum absolute atomic E-state index is 0.288. The van der Waals surface area contributed by atoms with Crippen molar-refractivity contribution in [2.24, 2.45) is 11.8 Å². The highest BCUT2D eigenvalue weighted by atomic mass is 16.8. The molecule has 1 aliphatic carbocycles. The van der Waals surface area contributed by atoms with Crippen LogP contribution in [0.5, 0.6) is 0 Å². The number of fused-ring (bicyclic) bond motifs is 1. The molecule has 0 bridgehead atoms.